The molecule has 2 aromatic carbocycles. The van der Waals surface area contributed by atoms with Crippen LogP contribution in [0.3, 0.4) is 0 Å². The van der Waals surface area contributed by atoms with E-state index in [1.54, 1.807) is 18.2 Å². The molecule has 2 rings (SSSR count). The van der Waals surface area contributed by atoms with Crippen molar-refractivity contribution in [2.75, 3.05) is 6.54 Å². The Balaban J connectivity index is 2.32. The van der Waals surface area contributed by atoms with Gasteiger partial charge in [-0.3, -0.25) is 0 Å². The van der Waals surface area contributed by atoms with Crippen molar-refractivity contribution in [3.63, 3.8) is 0 Å². The molecular weight excluding hydrogens is 263 g/mol. The van der Waals surface area contributed by atoms with Gasteiger partial charge in [-0.05, 0) is 30.7 Å². The van der Waals surface area contributed by atoms with Gasteiger partial charge in [-0.2, -0.15) is 0 Å². The molecule has 0 radical (unpaired) electrons. The molecule has 106 valence electrons. The van der Waals surface area contributed by atoms with Crippen molar-refractivity contribution in [1.29, 1.82) is 0 Å². The molecule has 0 saturated heterocycles. The Bertz CT molecular complexity index is 584. The first-order valence-corrected chi connectivity index (χ1v) is 6.54. The Morgan fingerprint density at radius 3 is 2.35 bits per heavy atom. The summed E-state index contributed by atoms with van der Waals surface area (Å²) in [6.45, 7) is 2.45. The van der Waals surface area contributed by atoms with Crippen molar-refractivity contribution in [3.8, 4) is 0 Å². The molecule has 1 N–H and O–H groups in total. The third kappa shape index (κ3) is 3.20. The highest BCUT2D eigenvalue weighted by Gasteiger charge is 2.19. The van der Waals surface area contributed by atoms with Gasteiger partial charge in [-0.15, -0.1) is 0 Å². The van der Waals surface area contributed by atoms with Gasteiger partial charge in [0, 0.05) is 11.6 Å². The van der Waals surface area contributed by atoms with E-state index in [-0.39, 0.29) is 17.8 Å². The third-order valence-corrected chi connectivity index (χ3v) is 3.19. The highest BCUT2D eigenvalue weighted by molar-refractivity contribution is 5.26. The highest BCUT2D eigenvalue weighted by Crippen LogP contribution is 2.24. The maximum absolute atomic E-state index is 13.9. The van der Waals surface area contributed by atoms with Crippen LogP contribution in [0.4, 0.5) is 13.2 Å². The van der Waals surface area contributed by atoms with E-state index in [0.717, 1.165) is 6.07 Å². The van der Waals surface area contributed by atoms with Crippen LogP contribution in [0.25, 0.3) is 0 Å². The average Bonchev–Trinajstić information content (AvgIpc) is 2.44. The summed E-state index contributed by atoms with van der Waals surface area (Å²) in [7, 11) is 0. The van der Waals surface area contributed by atoms with E-state index in [0.29, 0.717) is 12.1 Å². The zero-order valence-corrected chi connectivity index (χ0v) is 11.2. The fourth-order valence-corrected chi connectivity index (χ4v) is 2.21. The molecule has 0 amide bonds. The zero-order chi connectivity index (χ0) is 14.5. The van der Waals surface area contributed by atoms with Crippen molar-refractivity contribution < 1.29 is 13.2 Å². The summed E-state index contributed by atoms with van der Waals surface area (Å²) in [5.41, 5.74) is 0.692. The summed E-state index contributed by atoms with van der Waals surface area (Å²) < 4.78 is 40.9. The van der Waals surface area contributed by atoms with Crippen LogP contribution in [-0.4, -0.2) is 6.54 Å². The van der Waals surface area contributed by atoms with E-state index < -0.39 is 17.7 Å². The van der Waals surface area contributed by atoms with Crippen LogP contribution in [-0.2, 0) is 6.42 Å². The first-order valence-electron chi connectivity index (χ1n) is 6.54. The lowest BCUT2D eigenvalue weighted by Crippen LogP contribution is -2.24. The summed E-state index contributed by atoms with van der Waals surface area (Å²) in [6.07, 6.45) is 0.265. The van der Waals surface area contributed by atoms with Crippen LogP contribution in [0, 0.1) is 17.5 Å². The lowest BCUT2D eigenvalue weighted by Gasteiger charge is -2.19. The van der Waals surface area contributed by atoms with Crippen LogP contribution in [0.1, 0.15) is 24.1 Å². The number of benzene rings is 2. The topological polar surface area (TPSA) is 12.0 Å². The minimum atomic E-state index is -0.890. The maximum Gasteiger partial charge on any atom is 0.163 e. The van der Waals surface area contributed by atoms with E-state index in [1.807, 2.05) is 6.92 Å². The molecule has 0 spiro atoms. The van der Waals surface area contributed by atoms with Gasteiger partial charge >= 0.3 is 0 Å². The van der Waals surface area contributed by atoms with Crippen molar-refractivity contribution in [1.82, 2.24) is 5.32 Å². The second-order valence-corrected chi connectivity index (χ2v) is 4.55. The fraction of sp³-hybridized carbons (Fsp3) is 0.250. The lowest BCUT2D eigenvalue weighted by atomic mass is 9.98. The second kappa shape index (κ2) is 6.57. The smallest absolute Gasteiger partial charge is 0.163 e. The second-order valence-electron chi connectivity index (χ2n) is 4.55. The van der Waals surface area contributed by atoms with Crippen molar-refractivity contribution in [2.24, 2.45) is 0 Å². The summed E-state index contributed by atoms with van der Waals surface area (Å²) in [5.74, 6) is -2.11. The maximum atomic E-state index is 13.9. The van der Waals surface area contributed by atoms with Gasteiger partial charge < -0.3 is 5.32 Å². The first kappa shape index (κ1) is 14.6. The van der Waals surface area contributed by atoms with Crippen LogP contribution >= 0.6 is 0 Å². The molecule has 0 bridgehead atoms. The van der Waals surface area contributed by atoms with E-state index in [2.05, 4.69) is 5.32 Å². The molecule has 0 fully saturated rings. The minimum absolute atomic E-state index is 0.218. The molecule has 0 aliphatic carbocycles. The number of nitrogens with one attached hydrogen (secondary N) is 1. The van der Waals surface area contributed by atoms with Crippen molar-refractivity contribution in [2.45, 2.75) is 19.4 Å². The summed E-state index contributed by atoms with van der Waals surface area (Å²) in [6, 6.07) is 9.93. The SMILES string of the molecule is CCNC(Cc1ccccc1F)c1cccc(F)c1F. The summed E-state index contributed by atoms with van der Waals surface area (Å²) >= 11 is 0. The number of rotatable bonds is 5. The molecule has 1 nitrogen and oxygen atoms in total. The van der Waals surface area contributed by atoms with Gasteiger partial charge in [-0.1, -0.05) is 37.3 Å². The quantitative estimate of drug-likeness (QED) is 0.872. The predicted octanol–water partition coefficient (Wildman–Crippen LogP) is 4.00. The van der Waals surface area contributed by atoms with Crippen LogP contribution in [0.2, 0.25) is 0 Å². The number of likely N-dealkylation sites (N-methyl/N-ethyl adjacent to an activating group) is 1. The summed E-state index contributed by atoms with van der Waals surface area (Å²) in [5, 5.41) is 3.07. The van der Waals surface area contributed by atoms with Crippen LogP contribution < -0.4 is 5.32 Å². The van der Waals surface area contributed by atoms with E-state index in [9.17, 15) is 13.2 Å². The molecule has 0 aromatic heterocycles. The number of halogens is 3. The molecule has 20 heavy (non-hydrogen) atoms. The first-order chi connectivity index (χ1) is 9.63. The van der Waals surface area contributed by atoms with Gasteiger partial charge in [-0.25, -0.2) is 13.2 Å². The molecule has 0 aliphatic heterocycles. The molecule has 4 heteroatoms. The standard InChI is InChI=1S/C16H16F3N/c1-2-20-15(10-11-6-3-4-8-13(11)17)12-7-5-9-14(18)16(12)19/h3-9,15,20H,2,10H2,1H3. The Labute approximate surface area is 116 Å². The van der Waals surface area contributed by atoms with Gasteiger partial charge in [0.25, 0.3) is 0 Å². The van der Waals surface area contributed by atoms with Crippen LogP contribution in [0.5, 0.6) is 0 Å². The fourth-order valence-electron chi connectivity index (χ4n) is 2.21. The van der Waals surface area contributed by atoms with Crippen molar-refractivity contribution in [3.05, 3.63) is 71.0 Å². The van der Waals surface area contributed by atoms with E-state index >= 15 is 0 Å². The molecule has 0 saturated carbocycles. The largest absolute Gasteiger partial charge is 0.310 e. The Kier molecular flexibility index (Phi) is 4.79. The monoisotopic (exact) mass is 279 g/mol. The zero-order valence-electron chi connectivity index (χ0n) is 11.2. The van der Waals surface area contributed by atoms with Crippen molar-refractivity contribution >= 4 is 0 Å². The Morgan fingerprint density at radius 1 is 0.950 bits per heavy atom. The van der Waals surface area contributed by atoms with Gasteiger partial charge in [0.1, 0.15) is 5.82 Å². The van der Waals surface area contributed by atoms with Gasteiger partial charge in [0.05, 0.1) is 0 Å². The lowest BCUT2D eigenvalue weighted by molar-refractivity contribution is 0.460. The molecule has 2 aromatic rings. The van der Waals surface area contributed by atoms with E-state index in [1.165, 1.54) is 18.2 Å². The molecule has 1 unspecified atom stereocenters. The predicted molar refractivity (Wildman–Crippen MR) is 72.9 cm³/mol. The third-order valence-electron chi connectivity index (χ3n) is 3.19. The molecule has 1 atom stereocenters. The Hall–Kier alpha value is -1.81. The van der Waals surface area contributed by atoms with Gasteiger partial charge in [0.15, 0.2) is 11.6 Å². The average molecular weight is 279 g/mol. The highest BCUT2D eigenvalue weighted by atomic mass is 19.2. The van der Waals surface area contributed by atoms with E-state index in [4.69, 9.17) is 0 Å². The minimum Gasteiger partial charge on any atom is -0.310 e. The van der Waals surface area contributed by atoms with Crippen LogP contribution in [0.15, 0.2) is 42.5 Å². The Morgan fingerprint density at radius 2 is 1.65 bits per heavy atom. The number of hydrogen-bond donors (Lipinski definition) is 1. The molecular formula is C16H16F3N. The molecule has 0 aliphatic rings. The normalized spacial score (nSPS) is 12.4. The summed E-state index contributed by atoms with van der Waals surface area (Å²) in [4.78, 5) is 0. The molecule has 0 heterocycles. The number of hydrogen-bond acceptors (Lipinski definition) is 1. The van der Waals surface area contributed by atoms with Gasteiger partial charge in [0.2, 0.25) is 0 Å².